The van der Waals surface area contributed by atoms with Gasteiger partial charge in [-0.25, -0.2) is 9.97 Å². The van der Waals surface area contributed by atoms with Crippen molar-refractivity contribution in [3.8, 4) is 27.4 Å². The van der Waals surface area contributed by atoms with Gasteiger partial charge in [-0.15, -0.1) is 11.3 Å². The van der Waals surface area contributed by atoms with E-state index in [1.165, 1.54) is 4.90 Å². The average molecular weight is 1170 g/mol. The largest absolute Gasteiger partial charge is 0.491 e. The molecule has 3 atom stereocenters. The number of rotatable bonds is 33. The minimum atomic E-state index is -0.934. The highest BCUT2D eigenvalue weighted by atomic mass is 35.5. The van der Waals surface area contributed by atoms with Gasteiger partial charge in [0.1, 0.15) is 30.3 Å². The summed E-state index contributed by atoms with van der Waals surface area (Å²) in [6, 6.07) is 17.1. The molecule has 4 heterocycles. The van der Waals surface area contributed by atoms with Crippen LogP contribution in [-0.4, -0.2) is 159 Å². The van der Waals surface area contributed by atoms with E-state index in [4.69, 9.17) is 61.3 Å². The number of likely N-dealkylation sites (tertiary alicyclic amines) is 1. The van der Waals surface area contributed by atoms with Gasteiger partial charge in [-0.05, 0) is 65.8 Å². The number of aryl methyl sites for hydroxylation is 3. The summed E-state index contributed by atoms with van der Waals surface area (Å²) in [5.41, 5.74) is 7.46. The number of amides is 4. The lowest BCUT2D eigenvalue weighted by Gasteiger charge is -2.35. The molecule has 1 fully saturated rings. The molecule has 0 radical (unpaired) electrons. The molecule has 0 unspecified atom stereocenters. The van der Waals surface area contributed by atoms with Gasteiger partial charge in [0, 0.05) is 62.8 Å². The summed E-state index contributed by atoms with van der Waals surface area (Å²) in [7, 11) is 0. The Kier molecular flexibility index (Phi) is 24.5. The number of nitrogens with one attached hydrogen (secondary N) is 3. The fourth-order valence-corrected chi connectivity index (χ4v) is 10.2. The second-order valence-electron chi connectivity index (χ2n) is 20.6. The first-order chi connectivity index (χ1) is 38.6. The van der Waals surface area contributed by atoms with E-state index in [1.54, 1.807) is 29.5 Å². The van der Waals surface area contributed by atoms with Gasteiger partial charge in [0.2, 0.25) is 23.6 Å². The number of aliphatic hydroxyl groups is 1. The molecule has 3 aromatic carbocycles. The molecule has 1 saturated heterocycles. The van der Waals surface area contributed by atoms with Gasteiger partial charge in [0.25, 0.3) is 0 Å². The molecule has 2 aliphatic rings. The second kappa shape index (κ2) is 31.6. The lowest BCUT2D eigenvalue weighted by Crippen LogP contribution is -2.57. The lowest BCUT2D eigenvalue weighted by atomic mass is 9.85. The van der Waals surface area contributed by atoms with E-state index in [-0.39, 0.29) is 69.8 Å². The third-order valence-corrected chi connectivity index (χ3v) is 15.1. The molecule has 5 aromatic rings. The number of nitrogens with zero attached hydrogens (tertiary/aromatic N) is 4. The summed E-state index contributed by atoms with van der Waals surface area (Å²) in [4.78, 5) is 65.0. The Bertz CT molecular complexity index is 2770. The molecule has 80 heavy (non-hydrogen) atoms. The normalized spacial score (nSPS) is 15.5. The summed E-state index contributed by atoms with van der Waals surface area (Å²) in [6.07, 6.45) is 3.55. The average Bonchev–Trinajstić information content (AvgIpc) is 4.27. The van der Waals surface area contributed by atoms with Crippen LogP contribution in [0.15, 0.2) is 72.4 Å². The zero-order valence-electron chi connectivity index (χ0n) is 46.1. The lowest BCUT2D eigenvalue weighted by molar-refractivity contribution is -0.144. The molecular formula is C58H75Cl2N7O12S. The van der Waals surface area contributed by atoms with E-state index in [9.17, 15) is 24.3 Å². The predicted octanol–water partition coefficient (Wildman–Crippen LogP) is 6.77. The monoisotopic (exact) mass is 1160 g/mol. The highest BCUT2D eigenvalue weighted by Gasteiger charge is 2.44. The van der Waals surface area contributed by atoms with Crippen LogP contribution < -0.4 is 20.7 Å². The Labute approximate surface area is 482 Å². The summed E-state index contributed by atoms with van der Waals surface area (Å²) in [6.45, 7) is 13.5. The predicted molar refractivity (Wildman–Crippen MR) is 305 cm³/mol. The number of ether oxygens (including phenoxy) is 7. The Morgan fingerprint density at radius 1 is 0.750 bits per heavy atom. The zero-order chi connectivity index (χ0) is 56.9. The van der Waals surface area contributed by atoms with E-state index in [2.05, 4.69) is 31.7 Å². The molecule has 0 saturated carbocycles. The third kappa shape index (κ3) is 19.3. The van der Waals surface area contributed by atoms with Crippen LogP contribution in [0, 0.1) is 12.3 Å². The standard InChI is InChI=1S/C58H75Cl2N7O12S/c1-39-54(80-38-63-39)42-10-7-40(8-11-42)34-62-56(71)49-33-45(68)36-67(49)57(72)55(58(2,3)4)65-52(69)15-17-73-18-19-74-20-21-75-22-23-76-24-25-77-26-27-78-28-29-79-50-14-12-43(48-37-66-16-5-6-51(66)64-48)32-44(50)35-61-53(70)31-41-9-13-46(59)47(60)30-41/h7-14,30,32,37-38,45,49,55,68H,5-6,15-29,31,33-36H2,1-4H3,(H,61,70)(H,62,71)(H,65,69)/t45-,49+,55-/m1/s1. The molecule has 0 bridgehead atoms. The summed E-state index contributed by atoms with van der Waals surface area (Å²) >= 11 is 13.8. The number of benzene rings is 3. The summed E-state index contributed by atoms with van der Waals surface area (Å²) in [5, 5.41) is 20.2. The fourth-order valence-electron chi connectivity index (χ4n) is 9.09. The molecule has 0 spiro atoms. The minimum Gasteiger partial charge on any atom is -0.491 e. The molecule has 0 aliphatic carbocycles. The van der Waals surface area contributed by atoms with Crippen molar-refractivity contribution in [3.05, 3.63) is 111 Å². The van der Waals surface area contributed by atoms with Crippen LogP contribution in [0.1, 0.15) is 68.2 Å². The van der Waals surface area contributed by atoms with Gasteiger partial charge in [-0.2, -0.15) is 0 Å². The molecular weight excluding hydrogens is 1090 g/mol. The van der Waals surface area contributed by atoms with E-state index in [0.29, 0.717) is 88.5 Å². The zero-order valence-corrected chi connectivity index (χ0v) is 48.4. The van der Waals surface area contributed by atoms with Crippen molar-refractivity contribution in [1.82, 2.24) is 35.4 Å². The van der Waals surface area contributed by atoms with Crippen molar-refractivity contribution in [1.29, 1.82) is 0 Å². The molecule has 4 N–H and O–H groups in total. The van der Waals surface area contributed by atoms with Gasteiger partial charge >= 0.3 is 0 Å². The first-order valence-electron chi connectivity index (χ1n) is 27.2. The number of hydrogen-bond acceptors (Lipinski definition) is 15. The van der Waals surface area contributed by atoms with Crippen LogP contribution in [0.3, 0.4) is 0 Å². The number of carbonyl (C=O) groups is 4. The second-order valence-corrected chi connectivity index (χ2v) is 22.2. The van der Waals surface area contributed by atoms with Crippen LogP contribution >= 0.6 is 34.5 Å². The molecule has 2 aliphatic heterocycles. The van der Waals surface area contributed by atoms with E-state index in [0.717, 1.165) is 69.3 Å². The number of imidazole rings is 1. The number of carbonyl (C=O) groups excluding carboxylic acids is 4. The summed E-state index contributed by atoms with van der Waals surface area (Å²) in [5.74, 6) is 0.409. The SMILES string of the molecule is Cc1ncsc1-c1ccc(CNC(=O)[C@@H]2C[C@@H](O)CN2C(=O)[C@@H](NC(=O)CCOCCOCCOCCOCCOCCOCCOc2ccc(-c3cn4c(n3)CCC4)cc2CNC(=O)Cc2ccc(Cl)c(Cl)c2)C(C)(C)C)cc1. The Hall–Kier alpha value is -5.52. The van der Waals surface area contributed by atoms with Gasteiger partial charge in [-0.3, -0.25) is 19.2 Å². The number of aromatic nitrogens is 3. The number of hydrogen-bond donors (Lipinski definition) is 4. The first-order valence-corrected chi connectivity index (χ1v) is 28.8. The minimum absolute atomic E-state index is 0.00913. The van der Waals surface area contributed by atoms with Gasteiger partial charge < -0.3 is 63.7 Å². The molecule has 434 valence electrons. The van der Waals surface area contributed by atoms with Crippen LogP contribution in [-0.2, 0) is 80.1 Å². The third-order valence-electron chi connectivity index (χ3n) is 13.4. The van der Waals surface area contributed by atoms with Gasteiger partial charge in [0.05, 0.1) is 124 Å². The number of aliphatic hydroxyl groups excluding tert-OH is 1. The Morgan fingerprint density at radius 3 is 1.99 bits per heavy atom. The van der Waals surface area contributed by atoms with Gasteiger partial charge in [-0.1, -0.05) is 74.3 Å². The van der Waals surface area contributed by atoms with Crippen LogP contribution in [0.25, 0.3) is 21.7 Å². The molecule has 7 rings (SSSR count). The summed E-state index contributed by atoms with van der Waals surface area (Å²) < 4.78 is 42.1. The van der Waals surface area contributed by atoms with Crippen LogP contribution in [0.5, 0.6) is 5.75 Å². The molecule has 4 amide bonds. The van der Waals surface area contributed by atoms with Crippen LogP contribution in [0.4, 0.5) is 0 Å². The van der Waals surface area contributed by atoms with E-state index >= 15 is 0 Å². The van der Waals surface area contributed by atoms with Crippen molar-refractivity contribution in [3.63, 3.8) is 0 Å². The maximum absolute atomic E-state index is 14.0. The van der Waals surface area contributed by atoms with E-state index < -0.39 is 29.5 Å². The molecule has 22 heteroatoms. The Balaban J connectivity index is 0.679. The van der Waals surface area contributed by atoms with Crippen molar-refractivity contribution in [2.45, 2.75) is 97.6 Å². The number of fused-ring (bicyclic) bond motifs is 1. The van der Waals surface area contributed by atoms with Crippen molar-refractivity contribution in [2.24, 2.45) is 5.41 Å². The Morgan fingerprint density at radius 2 is 1.38 bits per heavy atom. The van der Waals surface area contributed by atoms with Crippen molar-refractivity contribution in [2.75, 3.05) is 92.4 Å². The quantitative estimate of drug-likeness (QED) is 0.0319. The number of β-amino-alcohol motifs (C(OH)–C–C–N with tert-alkyl or cyclic N) is 1. The highest BCUT2D eigenvalue weighted by molar-refractivity contribution is 7.13. The van der Waals surface area contributed by atoms with E-state index in [1.807, 2.05) is 75.7 Å². The van der Waals surface area contributed by atoms with Crippen LogP contribution in [0.2, 0.25) is 10.0 Å². The van der Waals surface area contributed by atoms with Crippen molar-refractivity contribution >= 4 is 58.2 Å². The maximum Gasteiger partial charge on any atom is 0.246 e. The molecule has 2 aromatic heterocycles. The number of thiazole rings is 1. The maximum atomic E-state index is 14.0. The van der Waals surface area contributed by atoms with Gasteiger partial charge in [0.15, 0.2) is 0 Å². The topological polar surface area (TPSA) is 223 Å². The fraction of sp³-hybridized carbons (Fsp3) is 0.517. The smallest absolute Gasteiger partial charge is 0.246 e. The van der Waals surface area contributed by atoms with Crippen molar-refractivity contribution < 1.29 is 57.4 Å². The first kappa shape index (κ1) is 62.1. The molecule has 19 nitrogen and oxygen atoms in total. The highest BCUT2D eigenvalue weighted by Crippen LogP contribution is 2.31. The number of halogens is 2.